The average Bonchev–Trinajstić information content (AvgIpc) is 3.09. The summed E-state index contributed by atoms with van der Waals surface area (Å²) in [6.07, 6.45) is 8.06. The van der Waals surface area contributed by atoms with E-state index in [0.717, 1.165) is 11.1 Å². The van der Waals surface area contributed by atoms with Gasteiger partial charge in [-0.3, -0.25) is 4.79 Å². The molecule has 0 aromatic carbocycles. The Hall–Kier alpha value is -1.58. The zero-order valence-corrected chi connectivity index (χ0v) is 10.1. The number of ether oxygens (including phenoxy) is 1. The fraction of sp³-hybridized carbons (Fsp3) is 0.571. The van der Waals surface area contributed by atoms with Crippen molar-refractivity contribution >= 4 is 11.8 Å². The molecule has 0 aromatic rings. The molecular formula is C14H15NO3. The third-order valence-electron chi connectivity index (χ3n) is 4.43. The SMILES string of the molecule is O=C1CCC2(C1)OC(=O)C1=C2C=CN(C2CC2)C1. The summed E-state index contributed by atoms with van der Waals surface area (Å²) in [5.41, 5.74) is 1.13. The number of hydrogen-bond donors (Lipinski definition) is 0. The zero-order valence-electron chi connectivity index (χ0n) is 10.1. The standard InChI is InChI=1S/C14H15NO3/c16-10-3-5-14(7-10)12-4-6-15(9-1-2-9)8-11(12)13(17)18-14/h4,6,9H,1-3,5,7-8H2. The van der Waals surface area contributed by atoms with Crippen molar-refractivity contribution < 1.29 is 14.3 Å². The molecule has 0 saturated heterocycles. The number of carbonyl (C=O) groups excluding carboxylic acids is 2. The first-order valence-corrected chi connectivity index (χ1v) is 6.61. The fourth-order valence-corrected chi connectivity index (χ4v) is 3.30. The minimum atomic E-state index is -0.615. The minimum absolute atomic E-state index is 0.203. The first kappa shape index (κ1) is 10.4. The maximum atomic E-state index is 12.0. The lowest BCUT2D eigenvalue weighted by Crippen LogP contribution is -2.30. The first-order valence-electron chi connectivity index (χ1n) is 6.61. The highest BCUT2D eigenvalue weighted by molar-refractivity contribution is 5.97. The van der Waals surface area contributed by atoms with Crippen LogP contribution in [-0.4, -0.2) is 34.8 Å². The molecule has 2 aliphatic carbocycles. The topological polar surface area (TPSA) is 46.6 Å². The molecule has 1 unspecified atom stereocenters. The van der Waals surface area contributed by atoms with Crippen LogP contribution in [0, 0.1) is 0 Å². The number of ketones is 1. The molecule has 4 nitrogen and oxygen atoms in total. The van der Waals surface area contributed by atoms with Crippen molar-refractivity contribution in [3.8, 4) is 0 Å². The predicted molar refractivity (Wildman–Crippen MR) is 63.6 cm³/mol. The van der Waals surface area contributed by atoms with E-state index in [-0.39, 0.29) is 11.8 Å². The van der Waals surface area contributed by atoms with Crippen molar-refractivity contribution in [2.24, 2.45) is 0 Å². The molecule has 2 aliphatic heterocycles. The predicted octanol–water partition coefficient (Wildman–Crippen LogP) is 1.32. The van der Waals surface area contributed by atoms with Crippen molar-refractivity contribution in [1.82, 2.24) is 4.90 Å². The normalized spacial score (nSPS) is 34.6. The van der Waals surface area contributed by atoms with Crippen LogP contribution < -0.4 is 0 Å². The van der Waals surface area contributed by atoms with Crippen LogP contribution in [0.4, 0.5) is 0 Å². The maximum Gasteiger partial charge on any atom is 0.337 e. The van der Waals surface area contributed by atoms with E-state index in [1.165, 1.54) is 12.8 Å². The lowest BCUT2D eigenvalue weighted by Gasteiger charge is -2.27. The molecule has 0 amide bonds. The molecule has 2 saturated carbocycles. The third-order valence-corrected chi connectivity index (χ3v) is 4.43. The molecule has 0 bridgehead atoms. The number of fused-ring (bicyclic) bond motifs is 1. The number of carbonyl (C=O) groups is 2. The lowest BCUT2D eigenvalue weighted by atomic mass is 9.89. The quantitative estimate of drug-likeness (QED) is 0.654. The maximum absolute atomic E-state index is 12.0. The van der Waals surface area contributed by atoms with Gasteiger partial charge in [-0.15, -0.1) is 0 Å². The second kappa shape index (κ2) is 3.25. The van der Waals surface area contributed by atoms with Gasteiger partial charge in [-0.25, -0.2) is 4.79 Å². The molecule has 2 fully saturated rings. The molecule has 4 rings (SSSR count). The van der Waals surface area contributed by atoms with E-state index in [1.54, 1.807) is 0 Å². The zero-order chi connectivity index (χ0) is 12.3. The van der Waals surface area contributed by atoms with Crippen LogP contribution in [-0.2, 0) is 14.3 Å². The van der Waals surface area contributed by atoms with E-state index in [2.05, 4.69) is 11.1 Å². The van der Waals surface area contributed by atoms with Gasteiger partial charge in [0.1, 0.15) is 11.4 Å². The van der Waals surface area contributed by atoms with Crippen LogP contribution in [0.2, 0.25) is 0 Å². The van der Waals surface area contributed by atoms with Gasteiger partial charge in [0.05, 0.1) is 18.5 Å². The molecule has 4 aliphatic rings. The van der Waals surface area contributed by atoms with Crippen molar-refractivity contribution in [3.05, 3.63) is 23.4 Å². The summed E-state index contributed by atoms with van der Waals surface area (Å²) in [5.74, 6) is -0.00993. The first-order chi connectivity index (χ1) is 8.68. The monoisotopic (exact) mass is 245 g/mol. The summed E-state index contributed by atoms with van der Waals surface area (Å²) in [5, 5.41) is 0. The van der Waals surface area contributed by atoms with Gasteiger partial charge in [-0.05, 0) is 25.3 Å². The highest BCUT2D eigenvalue weighted by Crippen LogP contribution is 2.46. The van der Waals surface area contributed by atoms with Gasteiger partial charge in [-0.1, -0.05) is 0 Å². The largest absolute Gasteiger partial charge is 0.450 e. The Labute approximate surface area is 105 Å². The number of esters is 1. The summed E-state index contributed by atoms with van der Waals surface area (Å²) in [4.78, 5) is 25.8. The average molecular weight is 245 g/mol. The highest BCUT2D eigenvalue weighted by atomic mass is 16.6. The van der Waals surface area contributed by atoms with Crippen LogP contribution in [0.5, 0.6) is 0 Å². The van der Waals surface area contributed by atoms with Crippen LogP contribution in [0.15, 0.2) is 23.4 Å². The van der Waals surface area contributed by atoms with Gasteiger partial charge in [-0.2, -0.15) is 0 Å². The lowest BCUT2D eigenvalue weighted by molar-refractivity contribution is -0.146. The van der Waals surface area contributed by atoms with Crippen molar-refractivity contribution in [2.45, 2.75) is 43.7 Å². The summed E-state index contributed by atoms with van der Waals surface area (Å²) in [6.45, 7) is 0.658. The summed E-state index contributed by atoms with van der Waals surface area (Å²) >= 11 is 0. The van der Waals surface area contributed by atoms with Gasteiger partial charge in [0.2, 0.25) is 0 Å². The van der Waals surface area contributed by atoms with Crippen LogP contribution in [0.25, 0.3) is 0 Å². The number of Topliss-reactive ketones (excluding diaryl/α,β-unsaturated/α-hetero) is 1. The molecular weight excluding hydrogens is 230 g/mol. The van der Waals surface area contributed by atoms with E-state index >= 15 is 0 Å². The summed E-state index contributed by atoms with van der Waals surface area (Å²) in [7, 11) is 0. The molecule has 1 atom stereocenters. The van der Waals surface area contributed by atoms with E-state index in [0.29, 0.717) is 31.8 Å². The fourth-order valence-electron chi connectivity index (χ4n) is 3.30. The molecule has 0 radical (unpaired) electrons. The Kier molecular flexibility index (Phi) is 1.87. The Balaban J connectivity index is 1.69. The molecule has 1 spiro atoms. The van der Waals surface area contributed by atoms with Gasteiger partial charge in [0.15, 0.2) is 0 Å². The Morgan fingerprint density at radius 3 is 2.83 bits per heavy atom. The smallest absolute Gasteiger partial charge is 0.337 e. The van der Waals surface area contributed by atoms with Crippen molar-refractivity contribution in [3.63, 3.8) is 0 Å². The van der Waals surface area contributed by atoms with Gasteiger partial charge >= 0.3 is 5.97 Å². The number of nitrogens with zero attached hydrogens (tertiary/aromatic N) is 1. The second-order valence-electron chi connectivity index (χ2n) is 5.71. The Bertz CT molecular complexity index is 515. The highest BCUT2D eigenvalue weighted by Gasteiger charge is 2.52. The van der Waals surface area contributed by atoms with Crippen molar-refractivity contribution in [1.29, 1.82) is 0 Å². The summed E-state index contributed by atoms with van der Waals surface area (Å²) in [6, 6.07) is 0.602. The number of hydrogen-bond acceptors (Lipinski definition) is 4. The van der Waals surface area contributed by atoms with Gasteiger partial charge in [0, 0.05) is 24.2 Å². The Morgan fingerprint density at radius 2 is 2.17 bits per heavy atom. The molecule has 0 aromatic heterocycles. The van der Waals surface area contributed by atoms with Gasteiger partial charge < -0.3 is 9.64 Å². The minimum Gasteiger partial charge on any atom is -0.450 e. The molecule has 2 heterocycles. The molecule has 0 N–H and O–H groups in total. The Morgan fingerprint density at radius 1 is 1.33 bits per heavy atom. The third kappa shape index (κ3) is 1.32. The number of rotatable bonds is 1. The van der Waals surface area contributed by atoms with Gasteiger partial charge in [0.25, 0.3) is 0 Å². The van der Waals surface area contributed by atoms with Crippen LogP contribution in [0.1, 0.15) is 32.1 Å². The molecule has 18 heavy (non-hydrogen) atoms. The summed E-state index contributed by atoms with van der Waals surface area (Å²) < 4.78 is 5.56. The van der Waals surface area contributed by atoms with Crippen LogP contribution >= 0.6 is 0 Å². The molecule has 94 valence electrons. The van der Waals surface area contributed by atoms with E-state index in [9.17, 15) is 9.59 Å². The second-order valence-corrected chi connectivity index (χ2v) is 5.71. The van der Waals surface area contributed by atoms with Crippen LogP contribution in [0.3, 0.4) is 0 Å². The van der Waals surface area contributed by atoms with E-state index in [4.69, 9.17) is 4.74 Å². The van der Waals surface area contributed by atoms with Crippen molar-refractivity contribution in [2.75, 3.05) is 6.54 Å². The molecule has 4 heteroatoms. The van der Waals surface area contributed by atoms with E-state index in [1.807, 2.05) is 6.08 Å². The van der Waals surface area contributed by atoms with E-state index < -0.39 is 5.60 Å².